The molecule has 0 saturated heterocycles. The first-order chi connectivity index (χ1) is 16.5. The molecule has 0 aliphatic rings. The van der Waals surface area contributed by atoms with Gasteiger partial charge in [-0.2, -0.15) is 0 Å². The molecule has 3 aromatic rings. The van der Waals surface area contributed by atoms with Gasteiger partial charge in [-0.05, 0) is 61.7 Å². The summed E-state index contributed by atoms with van der Waals surface area (Å²) in [5, 5.41) is 1.16. The number of carbonyl (C=O) groups is 1. The van der Waals surface area contributed by atoms with Gasteiger partial charge >= 0.3 is 5.97 Å². The molecular formula is C26H25Cl2NO4S. The average Bonchev–Trinajstić information content (AvgIpc) is 2.84. The summed E-state index contributed by atoms with van der Waals surface area (Å²) in [6.07, 6.45) is 2.62. The van der Waals surface area contributed by atoms with Crippen LogP contribution in [-0.4, -0.2) is 24.7 Å². The van der Waals surface area contributed by atoms with Crippen molar-refractivity contribution in [3.8, 4) is 11.6 Å². The Morgan fingerprint density at radius 3 is 2.41 bits per heavy atom. The number of aryl methyl sites for hydroxylation is 1. The van der Waals surface area contributed by atoms with Crippen molar-refractivity contribution in [1.29, 1.82) is 0 Å². The Morgan fingerprint density at radius 1 is 1.00 bits per heavy atom. The molecule has 34 heavy (non-hydrogen) atoms. The van der Waals surface area contributed by atoms with Gasteiger partial charge in [0, 0.05) is 16.7 Å². The topological polar surface area (TPSA) is 57.7 Å². The van der Waals surface area contributed by atoms with E-state index in [0.717, 1.165) is 35.6 Å². The zero-order valence-electron chi connectivity index (χ0n) is 18.8. The van der Waals surface area contributed by atoms with Gasteiger partial charge in [0.2, 0.25) is 5.88 Å². The van der Waals surface area contributed by atoms with Gasteiger partial charge in [0.05, 0.1) is 29.5 Å². The molecule has 0 bridgehead atoms. The van der Waals surface area contributed by atoms with E-state index in [1.807, 2.05) is 30.3 Å². The maximum atomic E-state index is 12.3. The third-order valence-electron chi connectivity index (χ3n) is 4.78. The molecule has 0 unspecified atom stereocenters. The standard InChI is InChI=1S/C26H25Cl2NO4S/c1-18(32-16-4-3-7-19-12-14-21(31-2)15-13-19)26(30)33-24-11-5-8-20(29-24)17-34-25-22(27)9-6-10-23(25)28/h5-6,8-15H,1,3-4,7,16-17H2,2H3. The number of hydrogen-bond acceptors (Lipinski definition) is 6. The van der Waals surface area contributed by atoms with Gasteiger partial charge in [-0.25, -0.2) is 9.78 Å². The van der Waals surface area contributed by atoms with Crippen molar-refractivity contribution in [2.45, 2.75) is 29.9 Å². The molecule has 0 N–H and O–H groups in total. The van der Waals surface area contributed by atoms with Gasteiger partial charge in [0.15, 0.2) is 5.76 Å². The van der Waals surface area contributed by atoms with E-state index >= 15 is 0 Å². The Hall–Kier alpha value is -2.67. The van der Waals surface area contributed by atoms with Crippen molar-refractivity contribution < 1.29 is 19.0 Å². The maximum absolute atomic E-state index is 12.3. The number of rotatable bonds is 12. The summed E-state index contributed by atoms with van der Waals surface area (Å²) in [6, 6.07) is 18.5. The fourth-order valence-corrected chi connectivity index (χ4v) is 4.58. The summed E-state index contributed by atoms with van der Waals surface area (Å²) in [5.74, 6) is 0.819. The van der Waals surface area contributed by atoms with Crippen LogP contribution < -0.4 is 9.47 Å². The lowest BCUT2D eigenvalue weighted by molar-refractivity contribution is -0.134. The van der Waals surface area contributed by atoms with Gasteiger partial charge in [0.25, 0.3) is 0 Å². The third-order valence-corrected chi connectivity index (χ3v) is 6.81. The number of carbonyl (C=O) groups excluding carboxylic acids is 1. The second kappa shape index (κ2) is 13.3. The molecule has 0 saturated carbocycles. The number of halogens is 2. The van der Waals surface area contributed by atoms with Crippen LogP contribution in [0.3, 0.4) is 0 Å². The van der Waals surface area contributed by atoms with Gasteiger partial charge in [0.1, 0.15) is 5.75 Å². The number of nitrogens with zero attached hydrogens (tertiary/aromatic N) is 1. The van der Waals surface area contributed by atoms with Crippen molar-refractivity contribution in [3.63, 3.8) is 0 Å². The SMILES string of the molecule is C=C(OCCCCc1ccc(OC)cc1)C(=O)Oc1cccc(CSc2c(Cl)cccc2Cl)n1. The fourth-order valence-electron chi connectivity index (χ4n) is 2.99. The average molecular weight is 518 g/mol. The number of methoxy groups -OCH3 is 1. The molecule has 2 aromatic carbocycles. The van der Waals surface area contributed by atoms with E-state index in [0.29, 0.717) is 22.4 Å². The van der Waals surface area contributed by atoms with Crippen molar-refractivity contribution in [2.75, 3.05) is 13.7 Å². The molecule has 0 aliphatic carbocycles. The monoisotopic (exact) mass is 517 g/mol. The van der Waals surface area contributed by atoms with Crippen LogP contribution in [0.1, 0.15) is 24.1 Å². The zero-order valence-corrected chi connectivity index (χ0v) is 21.1. The van der Waals surface area contributed by atoms with Crippen LogP contribution in [0.25, 0.3) is 0 Å². The molecule has 1 heterocycles. The second-order valence-corrected chi connectivity index (χ2v) is 9.07. The highest BCUT2D eigenvalue weighted by atomic mass is 35.5. The minimum atomic E-state index is -0.665. The lowest BCUT2D eigenvalue weighted by Gasteiger charge is -2.10. The number of esters is 1. The first-order valence-corrected chi connectivity index (χ1v) is 12.4. The summed E-state index contributed by atoms with van der Waals surface area (Å²) >= 11 is 13.9. The number of benzene rings is 2. The van der Waals surface area contributed by atoms with Gasteiger partial charge < -0.3 is 14.2 Å². The summed E-state index contributed by atoms with van der Waals surface area (Å²) in [6.45, 7) is 4.05. The molecule has 0 radical (unpaired) electrons. The summed E-state index contributed by atoms with van der Waals surface area (Å²) < 4.78 is 15.9. The Labute approximate surface area is 214 Å². The Morgan fingerprint density at radius 2 is 1.71 bits per heavy atom. The van der Waals surface area contributed by atoms with Gasteiger partial charge in [-0.15, -0.1) is 11.8 Å². The maximum Gasteiger partial charge on any atom is 0.379 e. The molecule has 8 heteroatoms. The van der Waals surface area contributed by atoms with Crippen LogP contribution in [0.15, 0.2) is 77.9 Å². The van der Waals surface area contributed by atoms with Crippen LogP contribution in [0, 0.1) is 0 Å². The quantitative estimate of drug-likeness (QED) is 0.0835. The smallest absolute Gasteiger partial charge is 0.379 e. The first kappa shape index (κ1) is 25.9. The molecular weight excluding hydrogens is 493 g/mol. The van der Waals surface area contributed by atoms with Crippen LogP contribution >= 0.6 is 35.0 Å². The van der Waals surface area contributed by atoms with Crippen molar-refractivity contribution in [2.24, 2.45) is 0 Å². The molecule has 3 rings (SSSR count). The molecule has 5 nitrogen and oxygen atoms in total. The highest BCUT2D eigenvalue weighted by Crippen LogP contribution is 2.35. The number of aromatic nitrogens is 1. The van der Waals surface area contributed by atoms with Crippen molar-refractivity contribution in [3.05, 3.63) is 94.3 Å². The Balaban J connectivity index is 1.40. The predicted molar refractivity (Wildman–Crippen MR) is 137 cm³/mol. The second-order valence-electron chi connectivity index (χ2n) is 7.27. The van der Waals surface area contributed by atoms with Crippen LogP contribution in [0.4, 0.5) is 0 Å². The van der Waals surface area contributed by atoms with E-state index in [9.17, 15) is 4.79 Å². The molecule has 178 valence electrons. The number of thioether (sulfide) groups is 1. The normalized spacial score (nSPS) is 10.6. The minimum Gasteiger partial charge on any atom is -0.497 e. The molecule has 0 amide bonds. The Bertz CT molecular complexity index is 1100. The molecule has 1 aromatic heterocycles. The fraction of sp³-hybridized carbons (Fsp3) is 0.231. The van der Waals surface area contributed by atoms with Crippen LogP contribution in [0.2, 0.25) is 10.0 Å². The van der Waals surface area contributed by atoms with Gasteiger partial charge in [-0.1, -0.05) is 47.5 Å². The van der Waals surface area contributed by atoms with Crippen LogP contribution in [-0.2, 0) is 21.7 Å². The van der Waals surface area contributed by atoms with E-state index in [2.05, 4.69) is 11.6 Å². The lowest BCUT2D eigenvalue weighted by atomic mass is 10.1. The molecule has 0 atom stereocenters. The van der Waals surface area contributed by atoms with E-state index < -0.39 is 5.97 Å². The highest BCUT2D eigenvalue weighted by molar-refractivity contribution is 7.98. The minimum absolute atomic E-state index is 0.0473. The van der Waals surface area contributed by atoms with E-state index in [1.54, 1.807) is 37.4 Å². The summed E-state index contributed by atoms with van der Waals surface area (Å²) in [7, 11) is 1.65. The highest BCUT2D eigenvalue weighted by Gasteiger charge is 2.13. The predicted octanol–water partition coefficient (Wildman–Crippen LogP) is 7.15. The van der Waals surface area contributed by atoms with Crippen LogP contribution in [0.5, 0.6) is 11.6 Å². The Kier molecular flexibility index (Phi) is 10.1. The lowest BCUT2D eigenvalue weighted by Crippen LogP contribution is -2.14. The van der Waals surface area contributed by atoms with Gasteiger partial charge in [-0.3, -0.25) is 0 Å². The number of pyridine rings is 1. The van der Waals surface area contributed by atoms with Crippen molar-refractivity contribution in [1.82, 2.24) is 4.98 Å². The van der Waals surface area contributed by atoms with E-state index in [1.165, 1.54) is 17.3 Å². The first-order valence-electron chi connectivity index (χ1n) is 10.7. The van der Waals surface area contributed by atoms with E-state index in [-0.39, 0.29) is 11.6 Å². The molecule has 0 aliphatic heterocycles. The largest absolute Gasteiger partial charge is 0.497 e. The third kappa shape index (κ3) is 7.97. The summed E-state index contributed by atoms with van der Waals surface area (Å²) in [5.41, 5.74) is 1.94. The zero-order chi connectivity index (χ0) is 24.3. The number of hydrogen-bond donors (Lipinski definition) is 0. The van der Waals surface area contributed by atoms with E-state index in [4.69, 9.17) is 37.4 Å². The summed E-state index contributed by atoms with van der Waals surface area (Å²) in [4.78, 5) is 17.5. The number of ether oxygens (including phenoxy) is 3. The molecule has 0 fully saturated rings. The molecule has 0 spiro atoms. The number of unbranched alkanes of at least 4 members (excludes halogenated alkanes) is 1. The van der Waals surface area contributed by atoms with Crippen molar-refractivity contribution >= 4 is 40.9 Å².